The number of hydrogen-bond acceptors (Lipinski definition) is 4. The second kappa shape index (κ2) is 6.56. The van der Waals surface area contributed by atoms with Crippen LogP contribution in [0.3, 0.4) is 0 Å². The number of urea groups is 1. The van der Waals surface area contributed by atoms with Crippen LogP contribution in [-0.4, -0.2) is 35.1 Å². The van der Waals surface area contributed by atoms with Crippen molar-refractivity contribution < 1.29 is 19.2 Å². The fraction of sp³-hybridized carbons (Fsp3) is 0.294. The molecule has 1 aromatic carbocycles. The van der Waals surface area contributed by atoms with Crippen LogP contribution >= 0.6 is 0 Å². The fourth-order valence-electron chi connectivity index (χ4n) is 2.43. The summed E-state index contributed by atoms with van der Waals surface area (Å²) in [6, 6.07) is 6.07. The molecule has 1 aliphatic rings. The Morgan fingerprint density at radius 1 is 1.22 bits per heavy atom. The summed E-state index contributed by atoms with van der Waals surface area (Å²) >= 11 is 0. The van der Waals surface area contributed by atoms with Gasteiger partial charge in [0.2, 0.25) is 0 Å². The number of nitrogens with zero attached hydrogens (tertiary/aromatic N) is 2. The molecule has 120 valence electrons. The largest absolute Gasteiger partial charge is 0.338 e. The number of barbiturate groups is 1. The van der Waals surface area contributed by atoms with E-state index in [2.05, 4.69) is 0 Å². The number of carbonyl (C=O) groups is 4. The van der Waals surface area contributed by atoms with Crippen molar-refractivity contribution in [3.63, 3.8) is 0 Å². The molecule has 0 saturated carbocycles. The zero-order chi connectivity index (χ0) is 17.1. The lowest BCUT2D eigenvalue weighted by atomic mass is 9.98. The first-order valence-corrected chi connectivity index (χ1v) is 7.26. The number of rotatable bonds is 4. The zero-order valence-corrected chi connectivity index (χ0v) is 13.3. The monoisotopic (exact) mass is 314 g/mol. The summed E-state index contributed by atoms with van der Waals surface area (Å²) in [4.78, 5) is 51.1. The first kappa shape index (κ1) is 16.6. The quantitative estimate of drug-likeness (QED) is 0.630. The maximum atomic E-state index is 12.6. The van der Waals surface area contributed by atoms with Gasteiger partial charge in [-0.1, -0.05) is 24.3 Å². The smallest absolute Gasteiger partial charge is 0.299 e. The molecule has 0 spiro atoms. The Morgan fingerprint density at radius 3 is 2.48 bits per heavy atom. The van der Waals surface area contributed by atoms with E-state index >= 15 is 0 Å². The van der Waals surface area contributed by atoms with Crippen LogP contribution in [0.25, 0.3) is 0 Å². The molecule has 0 aliphatic carbocycles. The van der Waals surface area contributed by atoms with Crippen molar-refractivity contribution in [2.75, 3.05) is 11.4 Å². The van der Waals surface area contributed by atoms with Crippen LogP contribution in [0.4, 0.5) is 10.5 Å². The van der Waals surface area contributed by atoms with Gasteiger partial charge in [0.15, 0.2) is 11.7 Å². The Labute approximate surface area is 134 Å². The van der Waals surface area contributed by atoms with Gasteiger partial charge in [0, 0.05) is 6.54 Å². The van der Waals surface area contributed by atoms with Gasteiger partial charge in [-0.15, -0.1) is 0 Å². The SMILES string of the molecule is CC=CCN1C(=O)C(C(C)=O)C(=O)N(c2cccc(C)c2)C1=O. The number of amides is 4. The molecule has 1 aliphatic heterocycles. The number of allylic oxidation sites excluding steroid dienone is 1. The Balaban J connectivity index is 2.51. The van der Waals surface area contributed by atoms with E-state index < -0.39 is 29.5 Å². The molecular formula is C17H18N2O4. The highest BCUT2D eigenvalue weighted by Gasteiger charge is 2.48. The van der Waals surface area contributed by atoms with E-state index in [0.29, 0.717) is 5.69 Å². The lowest BCUT2D eigenvalue weighted by Crippen LogP contribution is -2.61. The van der Waals surface area contributed by atoms with Crippen molar-refractivity contribution in [2.45, 2.75) is 20.8 Å². The number of hydrogen-bond donors (Lipinski definition) is 0. The number of aryl methyl sites for hydroxylation is 1. The van der Waals surface area contributed by atoms with Gasteiger partial charge in [-0.25, -0.2) is 9.69 Å². The maximum absolute atomic E-state index is 12.6. The molecule has 4 amide bonds. The van der Waals surface area contributed by atoms with Gasteiger partial charge in [-0.3, -0.25) is 19.3 Å². The van der Waals surface area contributed by atoms with Gasteiger partial charge in [-0.2, -0.15) is 0 Å². The number of imide groups is 2. The minimum atomic E-state index is -1.47. The molecular weight excluding hydrogens is 296 g/mol. The third-order valence-corrected chi connectivity index (χ3v) is 3.59. The van der Waals surface area contributed by atoms with E-state index in [0.717, 1.165) is 15.4 Å². The number of ketones is 1. The van der Waals surface area contributed by atoms with Crippen LogP contribution in [0, 0.1) is 12.8 Å². The molecule has 1 saturated heterocycles. The minimum Gasteiger partial charge on any atom is -0.299 e. The molecule has 1 fully saturated rings. The number of carbonyl (C=O) groups excluding carboxylic acids is 4. The molecule has 1 unspecified atom stereocenters. The van der Waals surface area contributed by atoms with E-state index in [-0.39, 0.29) is 6.54 Å². The maximum Gasteiger partial charge on any atom is 0.338 e. The summed E-state index contributed by atoms with van der Waals surface area (Å²) in [6.07, 6.45) is 3.31. The Hall–Kier alpha value is -2.76. The molecule has 23 heavy (non-hydrogen) atoms. The highest BCUT2D eigenvalue weighted by Crippen LogP contribution is 2.26. The predicted molar refractivity (Wildman–Crippen MR) is 84.8 cm³/mol. The van der Waals surface area contributed by atoms with Gasteiger partial charge in [0.05, 0.1) is 5.69 Å². The molecule has 0 bridgehead atoms. The summed E-state index contributed by atoms with van der Waals surface area (Å²) in [7, 11) is 0. The van der Waals surface area contributed by atoms with Crippen molar-refractivity contribution in [1.82, 2.24) is 4.90 Å². The van der Waals surface area contributed by atoms with Crippen LogP contribution in [0.15, 0.2) is 36.4 Å². The summed E-state index contributed by atoms with van der Waals surface area (Å²) < 4.78 is 0. The summed E-state index contributed by atoms with van der Waals surface area (Å²) in [6.45, 7) is 4.78. The van der Waals surface area contributed by atoms with E-state index in [1.54, 1.807) is 37.3 Å². The minimum absolute atomic E-state index is 0.0214. The molecule has 1 aromatic rings. The molecule has 0 N–H and O–H groups in total. The van der Waals surface area contributed by atoms with Gasteiger partial charge in [0.25, 0.3) is 11.8 Å². The molecule has 0 radical (unpaired) electrons. The molecule has 6 nitrogen and oxygen atoms in total. The second-order valence-electron chi connectivity index (χ2n) is 5.36. The fourth-order valence-corrected chi connectivity index (χ4v) is 2.43. The number of anilines is 1. The molecule has 0 aromatic heterocycles. The van der Waals surface area contributed by atoms with Gasteiger partial charge < -0.3 is 0 Å². The van der Waals surface area contributed by atoms with E-state index in [9.17, 15) is 19.2 Å². The Kier molecular flexibility index (Phi) is 4.74. The van der Waals surface area contributed by atoms with Crippen molar-refractivity contribution in [1.29, 1.82) is 0 Å². The molecule has 2 rings (SSSR count). The van der Waals surface area contributed by atoms with Crippen LogP contribution in [0.2, 0.25) is 0 Å². The standard InChI is InChI=1S/C17H18N2O4/c1-4-5-9-18-15(21)14(12(3)20)16(22)19(17(18)23)13-8-6-7-11(2)10-13/h4-8,10,14H,9H2,1-3H3. The van der Waals surface area contributed by atoms with E-state index in [1.165, 1.54) is 6.92 Å². The van der Waals surface area contributed by atoms with Crippen molar-refractivity contribution in [3.8, 4) is 0 Å². The average Bonchev–Trinajstić information content (AvgIpc) is 2.46. The molecule has 1 heterocycles. The van der Waals surface area contributed by atoms with Crippen molar-refractivity contribution in [3.05, 3.63) is 42.0 Å². The Bertz CT molecular complexity index is 708. The van der Waals surface area contributed by atoms with E-state index in [4.69, 9.17) is 0 Å². The first-order chi connectivity index (χ1) is 10.9. The van der Waals surface area contributed by atoms with Crippen LogP contribution in [0.5, 0.6) is 0 Å². The predicted octanol–water partition coefficient (Wildman–Crippen LogP) is 2.07. The van der Waals surface area contributed by atoms with Gasteiger partial charge >= 0.3 is 6.03 Å². The van der Waals surface area contributed by atoms with Gasteiger partial charge in [0.1, 0.15) is 0 Å². The third kappa shape index (κ3) is 3.06. The van der Waals surface area contributed by atoms with Crippen molar-refractivity contribution in [2.24, 2.45) is 5.92 Å². The lowest BCUT2D eigenvalue weighted by molar-refractivity contribution is -0.145. The molecule has 1 atom stereocenters. The normalized spacial score (nSPS) is 18.9. The average molecular weight is 314 g/mol. The van der Waals surface area contributed by atoms with Crippen LogP contribution in [0.1, 0.15) is 19.4 Å². The highest BCUT2D eigenvalue weighted by atomic mass is 16.2. The summed E-state index contributed by atoms with van der Waals surface area (Å²) in [5.41, 5.74) is 1.21. The topological polar surface area (TPSA) is 74.8 Å². The zero-order valence-electron chi connectivity index (χ0n) is 13.3. The van der Waals surface area contributed by atoms with Gasteiger partial charge in [-0.05, 0) is 38.5 Å². The summed E-state index contributed by atoms with van der Waals surface area (Å²) in [5.74, 6) is -3.61. The summed E-state index contributed by atoms with van der Waals surface area (Å²) in [5, 5.41) is 0. The van der Waals surface area contributed by atoms with E-state index in [1.807, 2.05) is 13.0 Å². The number of Topliss-reactive ketones (excluding diaryl/α,β-unsaturated/α-hetero) is 1. The second-order valence-corrected chi connectivity index (χ2v) is 5.36. The third-order valence-electron chi connectivity index (χ3n) is 3.59. The lowest BCUT2D eigenvalue weighted by Gasteiger charge is -2.35. The Morgan fingerprint density at radius 2 is 1.91 bits per heavy atom. The molecule has 6 heteroatoms. The van der Waals surface area contributed by atoms with Crippen molar-refractivity contribution >= 4 is 29.3 Å². The van der Waals surface area contributed by atoms with Crippen LogP contribution < -0.4 is 4.90 Å². The van der Waals surface area contributed by atoms with Crippen LogP contribution in [-0.2, 0) is 14.4 Å². The first-order valence-electron chi connectivity index (χ1n) is 7.26. The highest BCUT2D eigenvalue weighted by molar-refractivity contribution is 6.34. The number of benzene rings is 1.